The third-order valence-electron chi connectivity index (χ3n) is 4.67. The van der Waals surface area contributed by atoms with Crippen molar-refractivity contribution in [1.29, 1.82) is 0 Å². The first kappa shape index (κ1) is 10.4. The van der Waals surface area contributed by atoms with E-state index in [1.807, 2.05) is 0 Å². The molecule has 2 atom stereocenters. The van der Waals surface area contributed by atoms with Crippen LogP contribution in [0.2, 0.25) is 0 Å². The van der Waals surface area contributed by atoms with E-state index in [1.165, 1.54) is 35.3 Å². The zero-order valence-electron chi connectivity index (χ0n) is 10.4. The van der Waals surface area contributed by atoms with E-state index < -0.39 is 5.97 Å². The van der Waals surface area contributed by atoms with Crippen LogP contribution in [0.1, 0.15) is 35.4 Å². The molecule has 0 bridgehead atoms. The minimum Gasteiger partial charge on any atom is -0.481 e. The van der Waals surface area contributed by atoms with Crippen LogP contribution in [0.25, 0.3) is 0 Å². The SMILES string of the molecule is O=C(O)C1CC1c1cc2c3c(c1)CCN3CCC2. The molecule has 3 heteroatoms. The van der Waals surface area contributed by atoms with Gasteiger partial charge in [0, 0.05) is 18.8 Å². The van der Waals surface area contributed by atoms with Gasteiger partial charge in [0.15, 0.2) is 0 Å². The molecular formula is C15H17NO2. The molecule has 2 heterocycles. The van der Waals surface area contributed by atoms with Gasteiger partial charge in [-0.1, -0.05) is 12.1 Å². The predicted octanol–water partition coefficient (Wildman–Crippen LogP) is 2.18. The standard InChI is InChI=1S/C15H17NO2/c17-15(18)13-8-12(13)11-6-9-2-1-4-16-5-3-10(7-11)14(9)16/h6-7,12-13H,1-5,8H2,(H,17,18). The molecule has 1 fully saturated rings. The lowest BCUT2D eigenvalue weighted by Crippen LogP contribution is -2.26. The summed E-state index contributed by atoms with van der Waals surface area (Å²) >= 11 is 0. The zero-order chi connectivity index (χ0) is 12.3. The Balaban J connectivity index is 1.73. The van der Waals surface area contributed by atoms with E-state index >= 15 is 0 Å². The molecule has 0 saturated heterocycles. The summed E-state index contributed by atoms with van der Waals surface area (Å²) in [6.07, 6.45) is 4.37. The molecule has 2 aliphatic heterocycles. The first-order chi connectivity index (χ1) is 8.74. The van der Waals surface area contributed by atoms with Crippen molar-refractivity contribution in [3.63, 3.8) is 0 Å². The molecule has 1 aliphatic carbocycles. The molecule has 1 saturated carbocycles. The number of hydrogen-bond acceptors (Lipinski definition) is 2. The lowest BCUT2D eigenvalue weighted by Gasteiger charge is -2.27. The van der Waals surface area contributed by atoms with E-state index in [2.05, 4.69) is 17.0 Å². The molecule has 0 aromatic heterocycles. The van der Waals surface area contributed by atoms with Crippen LogP contribution in [-0.2, 0) is 17.6 Å². The number of aliphatic carboxylic acids is 1. The zero-order valence-corrected chi connectivity index (χ0v) is 10.4. The summed E-state index contributed by atoms with van der Waals surface area (Å²) in [4.78, 5) is 13.5. The molecule has 1 aromatic rings. The van der Waals surface area contributed by atoms with Gasteiger partial charge in [0.05, 0.1) is 5.92 Å². The number of hydrogen-bond donors (Lipinski definition) is 1. The second-order valence-electron chi connectivity index (χ2n) is 5.82. The average molecular weight is 243 g/mol. The average Bonchev–Trinajstić information content (AvgIpc) is 3.07. The van der Waals surface area contributed by atoms with Gasteiger partial charge in [0.1, 0.15) is 0 Å². The Morgan fingerprint density at radius 2 is 2.00 bits per heavy atom. The molecule has 4 rings (SSSR count). The van der Waals surface area contributed by atoms with Crippen molar-refractivity contribution in [3.05, 3.63) is 28.8 Å². The highest BCUT2D eigenvalue weighted by Gasteiger charge is 2.44. The van der Waals surface area contributed by atoms with Crippen molar-refractivity contribution in [2.45, 2.75) is 31.6 Å². The van der Waals surface area contributed by atoms with Gasteiger partial charge in [0.25, 0.3) is 0 Å². The molecule has 1 N–H and O–H groups in total. The highest BCUT2D eigenvalue weighted by atomic mass is 16.4. The van der Waals surface area contributed by atoms with Crippen LogP contribution in [-0.4, -0.2) is 24.2 Å². The van der Waals surface area contributed by atoms with Gasteiger partial charge in [-0.15, -0.1) is 0 Å². The Morgan fingerprint density at radius 1 is 1.22 bits per heavy atom. The number of aryl methyl sites for hydroxylation is 1. The largest absolute Gasteiger partial charge is 0.481 e. The molecule has 94 valence electrons. The maximum atomic E-state index is 11.0. The fourth-order valence-electron chi connectivity index (χ4n) is 3.68. The van der Waals surface area contributed by atoms with E-state index in [1.54, 1.807) is 0 Å². The Morgan fingerprint density at radius 3 is 2.72 bits per heavy atom. The molecule has 3 aliphatic rings. The van der Waals surface area contributed by atoms with Crippen molar-refractivity contribution in [2.75, 3.05) is 18.0 Å². The smallest absolute Gasteiger partial charge is 0.307 e. The number of benzene rings is 1. The van der Waals surface area contributed by atoms with Crippen molar-refractivity contribution >= 4 is 11.7 Å². The lowest BCUT2D eigenvalue weighted by atomic mass is 9.95. The number of rotatable bonds is 2. The first-order valence-corrected chi connectivity index (χ1v) is 6.87. The highest BCUT2D eigenvalue weighted by molar-refractivity contribution is 5.76. The van der Waals surface area contributed by atoms with Gasteiger partial charge in [-0.25, -0.2) is 0 Å². The maximum Gasteiger partial charge on any atom is 0.307 e. The fourth-order valence-corrected chi connectivity index (χ4v) is 3.68. The predicted molar refractivity (Wildman–Crippen MR) is 69.2 cm³/mol. The minimum absolute atomic E-state index is 0.128. The Bertz CT molecular complexity index is 538. The summed E-state index contributed by atoms with van der Waals surface area (Å²) in [7, 11) is 0. The monoisotopic (exact) mass is 243 g/mol. The molecule has 0 amide bonds. The molecule has 3 nitrogen and oxygen atoms in total. The molecule has 0 radical (unpaired) electrons. The maximum absolute atomic E-state index is 11.0. The molecule has 2 unspecified atom stereocenters. The van der Waals surface area contributed by atoms with Gasteiger partial charge in [-0.2, -0.15) is 0 Å². The minimum atomic E-state index is -0.629. The van der Waals surface area contributed by atoms with Crippen LogP contribution in [0.4, 0.5) is 5.69 Å². The van der Waals surface area contributed by atoms with E-state index in [0.29, 0.717) is 0 Å². The highest BCUT2D eigenvalue weighted by Crippen LogP contribution is 2.50. The summed E-state index contributed by atoms with van der Waals surface area (Å²) in [5, 5.41) is 9.05. The topological polar surface area (TPSA) is 40.5 Å². The number of anilines is 1. The summed E-state index contributed by atoms with van der Waals surface area (Å²) in [6, 6.07) is 4.56. The quantitative estimate of drug-likeness (QED) is 0.865. The number of carboxylic acids is 1. The van der Waals surface area contributed by atoms with Crippen molar-refractivity contribution in [3.8, 4) is 0 Å². The first-order valence-electron chi connectivity index (χ1n) is 6.87. The summed E-state index contributed by atoms with van der Waals surface area (Å²) in [6.45, 7) is 2.35. The third-order valence-corrected chi connectivity index (χ3v) is 4.67. The number of nitrogens with zero attached hydrogens (tertiary/aromatic N) is 1. The van der Waals surface area contributed by atoms with Gasteiger partial charge in [0.2, 0.25) is 0 Å². The van der Waals surface area contributed by atoms with E-state index in [0.717, 1.165) is 25.8 Å². The van der Waals surface area contributed by atoms with Crippen LogP contribution in [0.3, 0.4) is 0 Å². The normalized spacial score (nSPS) is 28.1. The number of carboxylic acid groups (broad SMARTS) is 1. The van der Waals surface area contributed by atoms with Crippen molar-refractivity contribution < 1.29 is 9.90 Å². The second kappa shape index (κ2) is 3.50. The van der Waals surface area contributed by atoms with Gasteiger partial charge in [-0.3, -0.25) is 4.79 Å². The summed E-state index contributed by atoms with van der Waals surface area (Å²) < 4.78 is 0. The molecular weight excluding hydrogens is 226 g/mol. The van der Waals surface area contributed by atoms with Gasteiger partial charge >= 0.3 is 5.97 Å². The van der Waals surface area contributed by atoms with Gasteiger partial charge in [-0.05, 0) is 48.3 Å². The summed E-state index contributed by atoms with van der Waals surface area (Å²) in [5.74, 6) is -0.479. The Labute approximate surface area is 106 Å². The van der Waals surface area contributed by atoms with Crippen LogP contribution >= 0.6 is 0 Å². The Hall–Kier alpha value is -1.51. The van der Waals surface area contributed by atoms with Crippen LogP contribution in [0, 0.1) is 5.92 Å². The molecule has 18 heavy (non-hydrogen) atoms. The van der Waals surface area contributed by atoms with Crippen molar-refractivity contribution in [2.24, 2.45) is 5.92 Å². The van der Waals surface area contributed by atoms with Crippen LogP contribution in [0.15, 0.2) is 12.1 Å². The lowest BCUT2D eigenvalue weighted by molar-refractivity contribution is -0.138. The fraction of sp³-hybridized carbons (Fsp3) is 0.533. The third kappa shape index (κ3) is 1.39. The number of carbonyl (C=O) groups is 1. The van der Waals surface area contributed by atoms with Crippen LogP contribution in [0.5, 0.6) is 0 Å². The molecule has 1 aromatic carbocycles. The molecule has 0 spiro atoms. The van der Waals surface area contributed by atoms with Gasteiger partial charge < -0.3 is 10.0 Å². The van der Waals surface area contributed by atoms with E-state index in [-0.39, 0.29) is 11.8 Å². The summed E-state index contributed by atoms with van der Waals surface area (Å²) in [5.41, 5.74) is 5.66. The Kier molecular flexibility index (Phi) is 2.02. The van der Waals surface area contributed by atoms with Crippen molar-refractivity contribution in [1.82, 2.24) is 0 Å². The van der Waals surface area contributed by atoms with Crippen LogP contribution < -0.4 is 4.90 Å². The van der Waals surface area contributed by atoms with E-state index in [4.69, 9.17) is 5.11 Å². The van der Waals surface area contributed by atoms with E-state index in [9.17, 15) is 4.79 Å². The second-order valence-corrected chi connectivity index (χ2v) is 5.82.